The predicted molar refractivity (Wildman–Crippen MR) is 76.2 cm³/mol. The second kappa shape index (κ2) is 6.38. The van der Waals surface area contributed by atoms with Crippen LogP contribution in [0.4, 0.5) is 0 Å². The SMILES string of the molecule is CCn1cc(CNCCCC(=O)O)c2ccccc21. The summed E-state index contributed by atoms with van der Waals surface area (Å²) in [5, 5.41) is 13.2. The van der Waals surface area contributed by atoms with Crippen molar-refractivity contribution in [3.05, 3.63) is 36.0 Å². The van der Waals surface area contributed by atoms with E-state index in [0.29, 0.717) is 6.42 Å². The minimum atomic E-state index is -0.732. The zero-order valence-electron chi connectivity index (χ0n) is 11.2. The van der Waals surface area contributed by atoms with Gasteiger partial charge in [0.05, 0.1) is 0 Å². The van der Waals surface area contributed by atoms with Gasteiger partial charge in [-0.1, -0.05) is 18.2 Å². The molecule has 0 saturated heterocycles. The van der Waals surface area contributed by atoms with E-state index in [1.54, 1.807) is 0 Å². The molecule has 2 aromatic rings. The second-order valence-electron chi connectivity index (χ2n) is 4.63. The number of hydrogen-bond donors (Lipinski definition) is 2. The number of benzene rings is 1. The van der Waals surface area contributed by atoms with E-state index >= 15 is 0 Å². The number of rotatable bonds is 7. The fourth-order valence-electron chi connectivity index (χ4n) is 2.31. The van der Waals surface area contributed by atoms with Gasteiger partial charge in [0.25, 0.3) is 0 Å². The van der Waals surface area contributed by atoms with Crippen LogP contribution in [0.25, 0.3) is 10.9 Å². The van der Waals surface area contributed by atoms with E-state index in [0.717, 1.165) is 19.6 Å². The molecule has 0 bridgehead atoms. The number of fused-ring (bicyclic) bond motifs is 1. The Hall–Kier alpha value is -1.81. The average Bonchev–Trinajstić information content (AvgIpc) is 2.76. The summed E-state index contributed by atoms with van der Waals surface area (Å²) in [7, 11) is 0. The molecule has 1 aromatic heterocycles. The summed E-state index contributed by atoms with van der Waals surface area (Å²) in [6.07, 6.45) is 3.07. The van der Waals surface area contributed by atoms with Crippen molar-refractivity contribution in [3.63, 3.8) is 0 Å². The lowest BCUT2D eigenvalue weighted by molar-refractivity contribution is -0.137. The molecule has 4 nitrogen and oxygen atoms in total. The van der Waals surface area contributed by atoms with Crippen molar-refractivity contribution in [2.24, 2.45) is 0 Å². The molecule has 0 radical (unpaired) electrons. The molecule has 2 rings (SSSR count). The highest BCUT2D eigenvalue weighted by atomic mass is 16.4. The van der Waals surface area contributed by atoms with Gasteiger partial charge in [-0.2, -0.15) is 0 Å². The lowest BCUT2D eigenvalue weighted by Crippen LogP contribution is -2.15. The number of para-hydroxylation sites is 1. The van der Waals surface area contributed by atoms with Crippen LogP contribution in [0.15, 0.2) is 30.5 Å². The first kappa shape index (κ1) is 13.6. The molecule has 19 heavy (non-hydrogen) atoms. The monoisotopic (exact) mass is 260 g/mol. The van der Waals surface area contributed by atoms with E-state index < -0.39 is 5.97 Å². The van der Waals surface area contributed by atoms with Gasteiger partial charge in [0.1, 0.15) is 0 Å². The third kappa shape index (κ3) is 3.35. The van der Waals surface area contributed by atoms with Crippen molar-refractivity contribution < 1.29 is 9.90 Å². The number of nitrogens with one attached hydrogen (secondary N) is 1. The van der Waals surface area contributed by atoms with Crippen molar-refractivity contribution in [3.8, 4) is 0 Å². The Kier molecular flexibility index (Phi) is 4.58. The largest absolute Gasteiger partial charge is 0.481 e. The molecule has 4 heteroatoms. The number of carboxylic acid groups (broad SMARTS) is 1. The molecule has 0 fully saturated rings. The number of aryl methyl sites for hydroxylation is 1. The third-order valence-corrected chi connectivity index (χ3v) is 3.27. The zero-order chi connectivity index (χ0) is 13.7. The topological polar surface area (TPSA) is 54.3 Å². The molecule has 0 aliphatic rings. The summed E-state index contributed by atoms with van der Waals surface area (Å²) in [4.78, 5) is 10.4. The highest BCUT2D eigenvalue weighted by molar-refractivity contribution is 5.83. The number of aliphatic carboxylic acids is 1. The molecule has 0 aliphatic heterocycles. The van der Waals surface area contributed by atoms with E-state index in [1.165, 1.54) is 16.5 Å². The molecule has 0 spiro atoms. The number of aromatic nitrogens is 1. The molecular weight excluding hydrogens is 240 g/mol. The van der Waals surface area contributed by atoms with E-state index in [4.69, 9.17) is 5.11 Å². The van der Waals surface area contributed by atoms with Crippen LogP contribution in [0.5, 0.6) is 0 Å². The summed E-state index contributed by atoms with van der Waals surface area (Å²) < 4.78 is 2.24. The van der Waals surface area contributed by atoms with Gasteiger partial charge >= 0.3 is 5.97 Å². The minimum absolute atomic E-state index is 0.226. The van der Waals surface area contributed by atoms with Crippen LogP contribution in [-0.4, -0.2) is 22.2 Å². The lowest BCUT2D eigenvalue weighted by Gasteiger charge is -2.02. The standard InChI is InChI=1S/C15H20N2O2/c1-2-17-11-12(10-16-9-5-8-15(18)19)13-6-3-4-7-14(13)17/h3-4,6-7,11,16H,2,5,8-10H2,1H3,(H,18,19). The maximum absolute atomic E-state index is 10.4. The van der Waals surface area contributed by atoms with Gasteiger partial charge in [-0.05, 0) is 31.5 Å². The van der Waals surface area contributed by atoms with E-state index in [1.807, 2.05) is 0 Å². The Balaban J connectivity index is 1.99. The van der Waals surface area contributed by atoms with Gasteiger partial charge in [0, 0.05) is 36.6 Å². The number of nitrogens with zero attached hydrogens (tertiary/aromatic N) is 1. The molecule has 0 saturated carbocycles. The molecule has 0 aliphatic carbocycles. The summed E-state index contributed by atoms with van der Waals surface area (Å²) in [6, 6.07) is 8.37. The first-order valence-corrected chi connectivity index (χ1v) is 6.71. The van der Waals surface area contributed by atoms with Crippen LogP contribution in [-0.2, 0) is 17.9 Å². The summed E-state index contributed by atoms with van der Waals surface area (Å²) >= 11 is 0. The zero-order valence-corrected chi connectivity index (χ0v) is 11.2. The van der Waals surface area contributed by atoms with E-state index in [9.17, 15) is 4.79 Å². The van der Waals surface area contributed by atoms with Gasteiger partial charge in [-0.3, -0.25) is 4.79 Å². The van der Waals surface area contributed by atoms with Crippen molar-refractivity contribution in [2.75, 3.05) is 6.54 Å². The third-order valence-electron chi connectivity index (χ3n) is 3.27. The Morgan fingerprint density at radius 2 is 2.16 bits per heavy atom. The van der Waals surface area contributed by atoms with Crippen molar-refractivity contribution in [1.29, 1.82) is 0 Å². The molecular formula is C15H20N2O2. The first-order chi connectivity index (χ1) is 9.22. The Bertz CT molecular complexity index is 560. The molecule has 102 valence electrons. The van der Waals surface area contributed by atoms with Gasteiger partial charge in [-0.25, -0.2) is 0 Å². The van der Waals surface area contributed by atoms with Crippen LogP contribution in [0.2, 0.25) is 0 Å². The quantitative estimate of drug-likeness (QED) is 0.752. The highest BCUT2D eigenvalue weighted by Gasteiger charge is 2.06. The maximum Gasteiger partial charge on any atom is 0.303 e. The molecule has 0 unspecified atom stereocenters. The highest BCUT2D eigenvalue weighted by Crippen LogP contribution is 2.21. The van der Waals surface area contributed by atoms with Gasteiger partial charge < -0.3 is 15.0 Å². The number of carboxylic acids is 1. The first-order valence-electron chi connectivity index (χ1n) is 6.71. The van der Waals surface area contributed by atoms with Crippen molar-refractivity contribution in [2.45, 2.75) is 32.9 Å². The number of hydrogen-bond acceptors (Lipinski definition) is 2. The maximum atomic E-state index is 10.4. The molecule has 0 atom stereocenters. The van der Waals surface area contributed by atoms with Crippen LogP contribution < -0.4 is 5.32 Å². The smallest absolute Gasteiger partial charge is 0.303 e. The van der Waals surface area contributed by atoms with Crippen LogP contribution in [0.3, 0.4) is 0 Å². The van der Waals surface area contributed by atoms with Crippen molar-refractivity contribution >= 4 is 16.9 Å². The second-order valence-corrected chi connectivity index (χ2v) is 4.63. The fraction of sp³-hybridized carbons (Fsp3) is 0.400. The average molecular weight is 260 g/mol. The molecule has 1 heterocycles. The van der Waals surface area contributed by atoms with Crippen LogP contribution in [0, 0.1) is 0 Å². The summed E-state index contributed by atoms with van der Waals surface area (Å²) in [5.74, 6) is -0.732. The van der Waals surface area contributed by atoms with E-state index in [2.05, 4.69) is 47.3 Å². The van der Waals surface area contributed by atoms with Crippen LogP contribution >= 0.6 is 0 Å². The van der Waals surface area contributed by atoms with E-state index in [-0.39, 0.29) is 6.42 Å². The normalized spacial score (nSPS) is 11.0. The molecule has 2 N–H and O–H groups in total. The molecule has 1 aromatic carbocycles. The van der Waals surface area contributed by atoms with Crippen LogP contribution in [0.1, 0.15) is 25.3 Å². The Morgan fingerprint density at radius 3 is 2.89 bits per heavy atom. The molecule has 0 amide bonds. The lowest BCUT2D eigenvalue weighted by atomic mass is 10.2. The predicted octanol–water partition coefficient (Wildman–Crippen LogP) is 2.62. The van der Waals surface area contributed by atoms with Crippen molar-refractivity contribution in [1.82, 2.24) is 9.88 Å². The fourth-order valence-corrected chi connectivity index (χ4v) is 2.31. The number of carbonyl (C=O) groups is 1. The Morgan fingerprint density at radius 1 is 1.37 bits per heavy atom. The van der Waals surface area contributed by atoms with Gasteiger partial charge in [-0.15, -0.1) is 0 Å². The summed E-state index contributed by atoms with van der Waals surface area (Å²) in [5.41, 5.74) is 2.53. The minimum Gasteiger partial charge on any atom is -0.481 e. The van der Waals surface area contributed by atoms with Gasteiger partial charge in [0.2, 0.25) is 0 Å². The van der Waals surface area contributed by atoms with Gasteiger partial charge in [0.15, 0.2) is 0 Å². The summed E-state index contributed by atoms with van der Waals surface area (Å²) in [6.45, 7) is 4.61. The Labute approximate surface area is 113 Å².